The van der Waals surface area contributed by atoms with Crippen molar-refractivity contribution >= 4 is 0 Å². The van der Waals surface area contributed by atoms with Gasteiger partial charge in [-0.3, -0.25) is 0 Å². The quantitative estimate of drug-likeness (QED) is 0.830. The number of hydrogen-bond acceptors (Lipinski definition) is 2. The zero-order chi connectivity index (χ0) is 10.7. The number of halogens is 1. The Bertz CT molecular complexity index is 451. The molecular formula is C11H12FN3. The van der Waals surface area contributed by atoms with E-state index in [2.05, 4.69) is 5.10 Å². The Hall–Kier alpha value is -1.68. The van der Waals surface area contributed by atoms with E-state index in [1.54, 1.807) is 23.0 Å². The SMILES string of the molecule is NCc1cnn(-c2cccc(CF)c2)c1. The minimum atomic E-state index is -0.459. The second-order valence-electron chi connectivity index (χ2n) is 3.30. The monoisotopic (exact) mass is 205 g/mol. The van der Waals surface area contributed by atoms with Crippen LogP contribution in [0, 0.1) is 0 Å². The highest BCUT2D eigenvalue weighted by Gasteiger charge is 2.00. The van der Waals surface area contributed by atoms with Crippen molar-refractivity contribution in [1.29, 1.82) is 0 Å². The minimum absolute atomic E-state index is 0.459. The summed E-state index contributed by atoms with van der Waals surface area (Å²) in [4.78, 5) is 0. The van der Waals surface area contributed by atoms with Gasteiger partial charge in [0.15, 0.2) is 0 Å². The van der Waals surface area contributed by atoms with Crippen LogP contribution < -0.4 is 5.73 Å². The molecule has 15 heavy (non-hydrogen) atoms. The number of hydrogen-bond donors (Lipinski definition) is 1. The molecule has 1 aromatic carbocycles. The second-order valence-corrected chi connectivity index (χ2v) is 3.30. The molecule has 0 amide bonds. The Balaban J connectivity index is 2.35. The predicted octanol–water partition coefficient (Wildman–Crippen LogP) is 1.80. The van der Waals surface area contributed by atoms with Crippen LogP contribution in [0.1, 0.15) is 11.1 Å². The lowest BCUT2D eigenvalue weighted by atomic mass is 10.2. The standard InChI is InChI=1S/C11H12FN3/c12-5-9-2-1-3-11(4-9)15-8-10(6-13)7-14-15/h1-4,7-8H,5-6,13H2. The summed E-state index contributed by atoms with van der Waals surface area (Å²) < 4.78 is 14.1. The fourth-order valence-electron chi connectivity index (χ4n) is 1.39. The second kappa shape index (κ2) is 4.23. The minimum Gasteiger partial charge on any atom is -0.326 e. The van der Waals surface area contributed by atoms with Crippen LogP contribution in [0.5, 0.6) is 0 Å². The van der Waals surface area contributed by atoms with Gasteiger partial charge in [-0.05, 0) is 17.7 Å². The molecule has 2 rings (SSSR count). The van der Waals surface area contributed by atoms with Crippen LogP contribution in [0.15, 0.2) is 36.7 Å². The number of nitrogens with zero attached hydrogens (tertiary/aromatic N) is 2. The molecule has 2 N–H and O–H groups in total. The lowest BCUT2D eigenvalue weighted by Gasteiger charge is -2.02. The van der Waals surface area contributed by atoms with E-state index in [0.717, 1.165) is 11.3 Å². The molecule has 0 aliphatic carbocycles. The van der Waals surface area contributed by atoms with E-state index in [0.29, 0.717) is 12.1 Å². The van der Waals surface area contributed by atoms with Gasteiger partial charge >= 0.3 is 0 Å². The lowest BCUT2D eigenvalue weighted by molar-refractivity contribution is 0.485. The third-order valence-corrected chi connectivity index (χ3v) is 2.20. The van der Waals surface area contributed by atoms with Gasteiger partial charge in [0.1, 0.15) is 6.67 Å². The van der Waals surface area contributed by atoms with Gasteiger partial charge in [-0.25, -0.2) is 9.07 Å². The molecule has 0 spiro atoms. The molecule has 0 aliphatic rings. The Morgan fingerprint density at radius 2 is 2.20 bits per heavy atom. The fraction of sp³-hybridized carbons (Fsp3) is 0.182. The van der Waals surface area contributed by atoms with Gasteiger partial charge in [0.25, 0.3) is 0 Å². The van der Waals surface area contributed by atoms with Crippen molar-refractivity contribution in [3.8, 4) is 5.69 Å². The van der Waals surface area contributed by atoms with Gasteiger partial charge in [0.2, 0.25) is 0 Å². The Labute approximate surface area is 87.3 Å². The van der Waals surface area contributed by atoms with E-state index in [1.807, 2.05) is 18.3 Å². The average Bonchev–Trinajstić information content (AvgIpc) is 2.78. The van der Waals surface area contributed by atoms with E-state index in [-0.39, 0.29) is 0 Å². The highest BCUT2D eigenvalue weighted by atomic mass is 19.1. The van der Waals surface area contributed by atoms with Gasteiger partial charge in [-0.2, -0.15) is 5.10 Å². The fourth-order valence-corrected chi connectivity index (χ4v) is 1.39. The van der Waals surface area contributed by atoms with Crippen LogP contribution in [0.3, 0.4) is 0 Å². The third-order valence-electron chi connectivity index (χ3n) is 2.20. The zero-order valence-corrected chi connectivity index (χ0v) is 8.23. The first-order chi connectivity index (χ1) is 7.33. The Kier molecular flexibility index (Phi) is 2.78. The molecule has 0 saturated heterocycles. The molecule has 0 fully saturated rings. The highest BCUT2D eigenvalue weighted by molar-refractivity contribution is 5.35. The van der Waals surface area contributed by atoms with Crippen molar-refractivity contribution in [3.05, 3.63) is 47.8 Å². The smallest absolute Gasteiger partial charge is 0.115 e. The average molecular weight is 205 g/mol. The van der Waals surface area contributed by atoms with Crippen LogP contribution in [0.2, 0.25) is 0 Å². The molecule has 1 heterocycles. The zero-order valence-electron chi connectivity index (χ0n) is 8.23. The summed E-state index contributed by atoms with van der Waals surface area (Å²) in [7, 11) is 0. The molecule has 0 aliphatic heterocycles. The first kappa shape index (κ1) is 9.86. The largest absolute Gasteiger partial charge is 0.326 e. The number of alkyl halides is 1. The van der Waals surface area contributed by atoms with Gasteiger partial charge in [0, 0.05) is 18.3 Å². The first-order valence-corrected chi connectivity index (χ1v) is 4.72. The van der Waals surface area contributed by atoms with E-state index in [9.17, 15) is 4.39 Å². The number of aromatic nitrogens is 2. The summed E-state index contributed by atoms with van der Waals surface area (Å²) in [6.45, 7) is 0.00164. The van der Waals surface area contributed by atoms with Crippen LogP contribution in [-0.4, -0.2) is 9.78 Å². The van der Waals surface area contributed by atoms with Crippen molar-refractivity contribution in [3.63, 3.8) is 0 Å². The number of rotatable bonds is 3. The van der Waals surface area contributed by atoms with Gasteiger partial charge in [-0.15, -0.1) is 0 Å². The first-order valence-electron chi connectivity index (χ1n) is 4.72. The molecule has 1 aromatic heterocycles. The van der Waals surface area contributed by atoms with E-state index in [1.165, 1.54) is 0 Å². The summed E-state index contributed by atoms with van der Waals surface area (Å²) in [5, 5.41) is 4.15. The summed E-state index contributed by atoms with van der Waals surface area (Å²) in [6, 6.07) is 7.21. The molecule has 0 unspecified atom stereocenters. The summed E-state index contributed by atoms with van der Waals surface area (Å²) >= 11 is 0. The van der Waals surface area contributed by atoms with E-state index in [4.69, 9.17) is 5.73 Å². The molecule has 4 heteroatoms. The van der Waals surface area contributed by atoms with Crippen molar-refractivity contribution in [2.75, 3.05) is 0 Å². The highest BCUT2D eigenvalue weighted by Crippen LogP contribution is 2.11. The maximum Gasteiger partial charge on any atom is 0.115 e. The molecule has 2 aromatic rings. The van der Waals surface area contributed by atoms with Crippen molar-refractivity contribution in [1.82, 2.24) is 9.78 Å². The maximum absolute atomic E-state index is 12.4. The Morgan fingerprint density at radius 3 is 2.87 bits per heavy atom. The third kappa shape index (κ3) is 2.05. The van der Waals surface area contributed by atoms with Crippen LogP contribution in [-0.2, 0) is 13.2 Å². The number of benzene rings is 1. The summed E-state index contributed by atoms with van der Waals surface area (Å²) in [6.07, 6.45) is 3.56. The van der Waals surface area contributed by atoms with Crippen molar-refractivity contribution < 1.29 is 4.39 Å². The van der Waals surface area contributed by atoms with Gasteiger partial charge in [-0.1, -0.05) is 12.1 Å². The molecule has 0 bridgehead atoms. The molecule has 0 saturated carbocycles. The summed E-state index contributed by atoms with van der Waals surface area (Å²) in [5.41, 5.74) is 7.94. The van der Waals surface area contributed by atoms with E-state index >= 15 is 0 Å². The Morgan fingerprint density at radius 1 is 1.33 bits per heavy atom. The van der Waals surface area contributed by atoms with Crippen LogP contribution >= 0.6 is 0 Å². The van der Waals surface area contributed by atoms with E-state index < -0.39 is 6.67 Å². The topological polar surface area (TPSA) is 43.8 Å². The predicted molar refractivity (Wildman–Crippen MR) is 56.3 cm³/mol. The van der Waals surface area contributed by atoms with Crippen LogP contribution in [0.25, 0.3) is 5.69 Å². The molecule has 0 atom stereocenters. The van der Waals surface area contributed by atoms with Crippen molar-refractivity contribution in [2.24, 2.45) is 5.73 Å². The maximum atomic E-state index is 12.4. The summed E-state index contributed by atoms with van der Waals surface area (Å²) in [5.74, 6) is 0. The van der Waals surface area contributed by atoms with Gasteiger partial charge in [0.05, 0.1) is 11.9 Å². The molecular weight excluding hydrogens is 193 g/mol. The van der Waals surface area contributed by atoms with Crippen LogP contribution in [0.4, 0.5) is 4.39 Å². The molecule has 3 nitrogen and oxygen atoms in total. The van der Waals surface area contributed by atoms with Gasteiger partial charge < -0.3 is 5.73 Å². The normalized spacial score (nSPS) is 10.5. The lowest BCUT2D eigenvalue weighted by Crippen LogP contribution is -1.96. The number of nitrogens with two attached hydrogens (primary N) is 1. The van der Waals surface area contributed by atoms with Crippen molar-refractivity contribution in [2.45, 2.75) is 13.2 Å². The molecule has 0 radical (unpaired) electrons. The molecule has 78 valence electrons.